The van der Waals surface area contributed by atoms with E-state index in [9.17, 15) is 9.59 Å². The molecule has 0 atom stereocenters. The monoisotopic (exact) mass is 360 g/mol. The molecule has 0 saturated carbocycles. The molecule has 1 aliphatic rings. The molecule has 52 valence electrons. The van der Waals surface area contributed by atoms with Crippen LogP contribution in [0.15, 0.2) is 19.3 Å². The maximum atomic E-state index is 11.0. The van der Waals surface area contributed by atoms with Crippen molar-refractivity contribution in [3.05, 3.63) is 19.3 Å². The van der Waals surface area contributed by atoms with Crippen LogP contribution in [-0.4, -0.2) is 11.6 Å². The topological polar surface area (TPSA) is 34.1 Å². The summed E-state index contributed by atoms with van der Waals surface area (Å²) in [7, 11) is 0. The molecule has 0 spiro atoms. The molecule has 0 aromatic rings. The summed E-state index contributed by atoms with van der Waals surface area (Å²) in [5.74, 6) is -0.158. The van der Waals surface area contributed by atoms with Crippen molar-refractivity contribution in [2.75, 3.05) is 0 Å². The van der Waals surface area contributed by atoms with Crippen molar-refractivity contribution in [3.8, 4) is 0 Å². The number of Topliss-reactive ketones (excluding diaryl/α,β-unsaturated/α-hetero) is 1. The van der Waals surface area contributed by atoms with E-state index in [0.29, 0.717) is 7.16 Å². The third-order valence-electron chi connectivity index (χ3n) is 0.972. The number of carbonyl (C=O) groups is 2. The van der Waals surface area contributed by atoms with Crippen LogP contribution in [0.4, 0.5) is 0 Å². The van der Waals surface area contributed by atoms with Gasteiger partial charge in [0.1, 0.15) is 0 Å². The molecule has 10 heavy (non-hydrogen) atoms. The first-order valence-electron chi connectivity index (χ1n) is 2.44. The van der Waals surface area contributed by atoms with Crippen LogP contribution >= 0.6 is 45.2 Å². The van der Waals surface area contributed by atoms with Crippen LogP contribution < -0.4 is 0 Å². The summed E-state index contributed by atoms with van der Waals surface area (Å²) >= 11 is 3.72. The molecule has 0 unspecified atom stereocenters. The van der Waals surface area contributed by atoms with E-state index in [1.807, 2.05) is 45.2 Å². The van der Waals surface area contributed by atoms with Gasteiger partial charge in [0.05, 0.1) is 7.16 Å². The Morgan fingerprint density at radius 2 is 1.40 bits per heavy atom. The summed E-state index contributed by atoms with van der Waals surface area (Å²) in [5.41, 5.74) is 0. The quantitative estimate of drug-likeness (QED) is 0.488. The fourth-order valence-corrected chi connectivity index (χ4v) is 2.25. The highest BCUT2D eigenvalue weighted by Gasteiger charge is 2.16. The molecule has 0 amide bonds. The number of allylic oxidation sites excluding steroid dienone is 4. The van der Waals surface area contributed by atoms with E-state index in [1.165, 1.54) is 12.2 Å². The second kappa shape index (κ2) is 3.12. The third-order valence-corrected chi connectivity index (χ3v) is 2.57. The predicted octanol–water partition coefficient (Wildman–Crippen LogP) is 1.78. The van der Waals surface area contributed by atoms with Crippen LogP contribution in [0.25, 0.3) is 0 Å². The summed E-state index contributed by atoms with van der Waals surface area (Å²) in [6.45, 7) is 0. The van der Waals surface area contributed by atoms with E-state index in [2.05, 4.69) is 0 Å². The van der Waals surface area contributed by atoms with Crippen LogP contribution in [0.5, 0.6) is 0 Å². The maximum Gasteiger partial charge on any atom is 0.205 e. The molecule has 0 bridgehead atoms. The third kappa shape index (κ3) is 1.66. The molecule has 4 heteroatoms. The van der Waals surface area contributed by atoms with Crippen LogP contribution in [0.1, 0.15) is 0 Å². The highest BCUT2D eigenvalue weighted by molar-refractivity contribution is 14.1. The van der Waals surface area contributed by atoms with E-state index in [1.54, 1.807) is 0 Å². The highest BCUT2D eigenvalue weighted by Crippen LogP contribution is 2.22. The van der Waals surface area contributed by atoms with Gasteiger partial charge < -0.3 is 0 Å². The minimum Gasteiger partial charge on any atom is -0.290 e. The lowest BCUT2D eigenvalue weighted by atomic mass is 10.2. The molecule has 0 heterocycles. The van der Waals surface area contributed by atoms with Gasteiger partial charge in [0, 0.05) is 12.2 Å². The second-order valence-corrected chi connectivity index (χ2v) is 4.04. The van der Waals surface area contributed by atoms with Crippen LogP contribution in [-0.2, 0) is 9.59 Å². The van der Waals surface area contributed by atoms with E-state index < -0.39 is 0 Å². The lowest BCUT2D eigenvalue weighted by Gasteiger charge is -2.01. The molecule has 0 radical (unpaired) electrons. The van der Waals surface area contributed by atoms with E-state index >= 15 is 0 Å². The van der Waals surface area contributed by atoms with Gasteiger partial charge in [0.25, 0.3) is 0 Å². The van der Waals surface area contributed by atoms with Crippen molar-refractivity contribution in [1.82, 2.24) is 0 Å². The molecule has 0 aromatic carbocycles. The number of halogens is 2. The van der Waals surface area contributed by atoms with Gasteiger partial charge in [-0.15, -0.1) is 0 Å². The Morgan fingerprint density at radius 1 is 1.00 bits per heavy atom. The number of ketones is 2. The normalized spacial score (nSPS) is 18.6. The van der Waals surface area contributed by atoms with Gasteiger partial charge in [0.15, 0.2) is 5.78 Å². The van der Waals surface area contributed by atoms with Crippen LogP contribution in [0.2, 0.25) is 0 Å². The summed E-state index contributed by atoms with van der Waals surface area (Å²) in [4.78, 5) is 21.7. The van der Waals surface area contributed by atoms with Gasteiger partial charge in [0.2, 0.25) is 5.78 Å². The van der Waals surface area contributed by atoms with Crippen molar-refractivity contribution in [2.24, 2.45) is 0 Å². The molecule has 0 N–H and O–H groups in total. The summed E-state index contributed by atoms with van der Waals surface area (Å²) < 4.78 is 0.990. The van der Waals surface area contributed by atoms with E-state index in [-0.39, 0.29) is 11.6 Å². The number of hydrogen-bond acceptors (Lipinski definition) is 2. The molecule has 0 saturated heterocycles. The predicted molar refractivity (Wildman–Crippen MR) is 54.2 cm³/mol. The molecule has 0 aromatic heterocycles. The minimum atomic E-state index is -0.103. The van der Waals surface area contributed by atoms with Gasteiger partial charge in [-0.25, -0.2) is 0 Å². The maximum absolute atomic E-state index is 11.0. The number of rotatable bonds is 0. The molecule has 0 aliphatic heterocycles. The SMILES string of the molecule is O=C1C=C(I)C(=O)C(I)=C1. The lowest BCUT2D eigenvalue weighted by molar-refractivity contribution is -0.114. The summed E-state index contributed by atoms with van der Waals surface area (Å²) in [6.07, 6.45) is 2.68. The van der Waals surface area contributed by atoms with Gasteiger partial charge >= 0.3 is 0 Å². The van der Waals surface area contributed by atoms with E-state index in [0.717, 1.165) is 0 Å². The smallest absolute Gasteiger partial charge is 0.205 e. The van der Waals surface area contributed by atoms with Gasteiger partial charge in [-0.05, 0) is 45.2 Å². The Kier molecular flexibility index (Phi) is 2.61. The van der Waals surface area contributed by atoms with Crippen LogP contribution in [0.3, 0.4) is 0 Å². The number of hydrogen-bond donors (Lipinski definition) is 0. The first-order valence-corrected chi connectivity index (χ1v) is 4.60. The number of carbonyl (C=O) groups excluding carboxylic acids is 2. The Morgan fingerprint density at radius 3 is 1.80 bits per heavy atom. The van der Waals surface area contributed by atoms with Crippen molar-refractivity contribution in [1.29, 1.82) is 0 Å². The lowest BCUT2D eigenvalue weighted by Crippen LogP contribution is -2.06. The Bertz CT molecular complexity index is 239. The van der Waals surface area contributed by atoms with Gasteiger partial charge in [-0.1, -0.05) is 0 Å². The molecule has 1 aliphatic carbocycles. The first kappa shape index (κ1) is 8.38. The largest absolute Gasteiger partial charge is 0.290 e. The Hall–Kier alpha value is 0.280. The molecule has 2 nitrogen and oxygen atoms in total. The van der Waals surface area contributed by atoms with Crippen LogP contribution in [0, 0.1) is 0 Å². The minimum absolute atomic E-state index is 0.0548. The Balaban J connectivity index is 3.05. The van der Waals surface area contributed by atoms with Crippen molar-refractivity contribution in [3.63, 3.8) is 0 Å². The fourth-order valence-electron chi connectivity index (χ4n) is 0.537. The zero-order chi connectivity index (χ0) is 7.72. The molecule has 0 fully saturated rings. The second-order valence-electron chi connectivity index (χ2n) is 1.72. The van der Waals surface area contributed by atoms with Gasteiger partial charge in [-0.3, -0.25) is 9.59 Å². The fraction of sp³-hybridized carbons (Fsp3) is 0. The van der Waals surface area contributed by atoms with E-state index in [4.69, 9.17) is 0 Å². The zero-order valence-electron chi connectivity index (χ0n) is 4.73. The van der Waals surface area contributed by atoms with Crippen molar-refractivity contribution >= 4 is 56.7 Å². The first-order chi connectivity index (χ1) is 4.61. The molecule has 1 rings (SSSR count). The molecular formula is C6H2I2O2. The average molecular weight is 360 g/mol. The van der Waals surface area contributed by atoms with Crippen molar-refractivity contribution in [2.45, 2.75) is 0 Å². The molecular weight excluding hydrogens is 358 g/mol. The summed E-state index contributed by atoms with van der Waals surface area (Å²) in [5, 5.41) is 0. The Labute approximate surface area is 85.0 Å². The summed E-state index contributed by atoms with van der Waals surface area (Å²) in [6, 6.07) is 0. The standard InChI is InChI=1S/C6H2I2O2/c7-4-1-3(9)2-5(8)6(4)10/h1-2H. The van der Waals surface area contributed by atoms with Crippen molar-refractivity contribution < 1.29 is 9.59 Å². The van der Waals surface area contributed by atoms with Gasteiger partial charge in [-0.2, -0.15) is 0 Å². The average Bonchev–Trinajstić information content (AvgIpc) is 1.82. The highest BCUT2D eigenvalue weighted by atomic mass is 127. The zero-order valence-corrected chi connectivity index (χ0v) is 9.04.